The highest BCUT2D eigenvalue weighted by atomic mass is 16.3. The van der Waals surface area contributed by atoms with Gasteiger partial charge in [-0.3, -0.25) is 4.79 Å². The third-order valence-electron chi connectivity index (χ3n) is 5.44. The van der Waals surface area contributed by atoms with Crippen LogP contribution in [0.25, 0.3) is 22.0 Å². The smallest absolute Gasteiger partial charge is 0.290 e. The number of benzene rings is 2. The molecule has 0 saturated carbocycles. The second-order valence-electron chi connectivity index (χ2n) is 7.40. The lowest BCUT2D eigenvalue weighted by molar-refractivity contribution is 0.0700. The van der Waals surface area contributed by atoms with Crippen LogP contribution in [0.3, 0.4) is 0 Å². The van der Waals surface area contributed by atoms with Gasteiger partial charge < -0.3 is 14.3 Å². The van der Waals surface area contributed by atoms with Crippen LogP contribution in [0.1, 0.15) is 46.4 Å². The summed E-state index contributed by atoms with van der Waals surface area (Å²) in [5.41, 5.74) is 4.97. The quantitative estimate of drug-likeness (QED) is 0.553. The Morgan fingerprint density at radius 1 is 1.22 bits per heavy atom. The number of likely N-dealkylation sites (tertiary alicyclic amines) is 1. The van der Waals surface area contributed by atoms with Gasteiger partial charge in [-0.15, -0.1) is 0 Å². The fraction of sp³-hybridized carbons (Fsp3) is 0.273. The molecule has 1 atom stereocenters. The van der Waals surface area contributed by atoms with E-state index >= 15 is 0 Å². The number of fused-ring (bicyclic) bond motifs is 2. The van der Waals surface area contributed by atoms with Gasteiger partial charge in [-0.2, -0.15) is 0 Å². The molecule has 5 rings (SSSR count). The van der Waals surface area contributed by atoms with E-state index in [9.17, 15) is 4.79 Å². The molecule has 0 aliphatic carbocycles. The maximum absolute atomic E-state index is 13.2. The first-order chi connectivity index (χ1) is 13.1. The van der Waals surface area contributed by atoms with Crippen molar-refractivity contribution in [2.75, 3.05) is 6.54 Å². The van der Waals surface area contributed by atoms with Crippen molar-refractivity contribution in [3.05, 3.63) is 65.2 Å². The van der Waals surface area contributed by atoms with Crippen molar-refractivity contribution in [2.45, 2.75) is 32.7 Å². The zero-order chi connectivity index (χ0) is 18.5. The number of imidazole rings is 1. The monoisotopic (exact) mass is 359 g/mol. The Morgan fingerprint density at radius 2 is 2.11 bits per heavy atom. The number of amides is 1. The Morgan fingerprint density at radius 3 is 2.96 bits per heavy atom. The number of nitrogens with one attached hydrogen (secondary N) is 1. The van der Waals surface area contributed by atoms with E-state index in [1.54, 1.807) is 0 Å². The molecule has 3 heterocycles. The maximum atomic E-state index is 13.2. The molecule has 1 aliphatic rings. The van der Waals surface area contributed by atoms with Crippen molar-refractivity contribution in [1.29, 1.82) is 0 Å². The summed E-state index contributed by atoms with van der Waals surface area (Å²) >= 11 is 0. The van der Waals surface area contributed by atoms with Crippen LogP contribution >= 0.6 is 0 Å². The molecule has 1 saturated heterocycles. The van der Waals surface area contributed by atoms with Gasteiger partial charge >= 0.3 is 0 Å². The molecule has 0 bridgehead atoms. The van der Waals surface area contributed by atoms with Crippen molar-refractivity contribution < 1.29 is 9.21 Å². The van der Waals surface area contributed by atoms with E-state index in [0.717, 1.165) is 52.8 Å². The van der Waals surface area contributed by atoms with Crippen molar-refractivity contribution >= 4 is 27.9 Å². The second-order valence-corrected chi connectivity index (χ2v) is 7.40. The van der Waals surface area contributed by atoms with Gasteiger partial charge in [0.05, 0.1) is 17.1 Å². The Kier molecular flexibility index (Phi) is 3.57. The van der Waals surface area contributed by atoms with E-state index in [1.807, 2.05) is 42.2 Å². The predicted molar refractivity (Wildman–Crippen MR) is 105 cm³/mol. The van der Waals surface area contributed by atoms with Gasteiger partial charge in [0.25, 0.3) is 5.91 Å². The van der Waals surface area contributed by atoms with Crippen molar-refractivity contribution in [3.8, 4) is 0 Å². The number of rotatable bonds is 2. The van der Waals surface area contributed by atoms with Crippen molar-refractivity contribution in [1.82, 2.24) is 14.9 Å². The first-order valence-electron chi connectivity index (χ1n) is 9.36. The highest BCUT2D eigenvalue weighted by Gasteiger charge is 2.34. The Balaban J connectivity index is 1.50. The Bertz CT molecular complexity index is 1170. The fourth-order valence-corrected chi connectivity index (χ4v) is 4.05. The molecule has 2 aromatic carbocycles. The van der Waals surface area contributed by atoms with E-state index in [2.05, 4.69) is 24.0 Å². The standard InChI is InChI=1S/C22H21N3O2/c1-13-8-9-16-17(11-13)24-21(23-16)18-7-4-10-25(18)22(26)19-12-15-6-3-5-14(2)20(15)27-19/h3,5-6,8-9,11-12,18H,4,7,10H2,1-2H3,(H,23,24)/t18-/m0/s1. The lowest BCUT2D eigenvalue weighted by atomic mass is 10.2. The largest absolute Gasteiger partial charge is 0.451 e. The molecule has 0 unspecified atom stereocenters. The minimum absolute atomic E-state index is 0.0421. The van der Waals surface area contributed by atoms with Gasteiger partial charge in [-0.25, -0.2) is 4.98 Å². The SMILES string of the molecule is Cc1ccc2nc([C@@H]3CCCN3C(=O)c3cc4cccc(C)c4o3)[nH]c2c1. The number of aromatic amines is 1. The zero-order valence-corrected chi connectivity index (χ0v) is 15.5. The number of aromatic nitrogens is 2. The molecule has 4 aromatic rings. The third-order valence-corrected chi connectivity index (χ3v) is 5.44. The Hall–Kier alpha value is -3.08. The maximum Gasteiger partial charge on any atom is 0.290 e. The molecule has 27 heavy (non-hydrogen) atoms. The van der Waals surface area contributed by atoms with Crippen LogP contribution in [0.2, 0.25) is 0 Å². The number of para-hydroxylation sites is 1. The van der Waals surface area contributed by atoms with Crippen LogP contribution in [0.5, 0.6) is 0 Å². The van der Waals surface area contributed by atoms with Gasteiger partial charge in [0.2, 0.25) is 0 Å². The second kappa shape index (κ2) is 5.98. The van der Waals surface area contributed by atoms with E-state index in [1.165, 1.54) is 5.56 Å². The molecular weight excluding hydrogens is 338 g/mol. The molecule has 2 aromatic heterocycles. The Labute approximate surface area is 157 Å². The van der Waals surface area contributed by atoms with Crippen LogP contribution in [0.4, 0.5) is 0 Å². The van der Waals surface area contributed by atoms with E-state index in [-0.39, 0.29) is 11.9 Å². The number of hydrogen-bond acceptors (Lipinski definition) is 3. The summed E-state index contributed by atoms with van der Waals surface area (Å²) in [7, 11) is 0. The average Bonchev–Trinajstić information content (AvgIpc) is 3.38. The van der Waals surface area contributed by atoms with Gasteiger partial charge in [0, 0.05) is 11.9 Å². The molecule has 1 amide bonds. The predicted octanol–water partition coefficient (Wildman–Crippen LogP) is 4.90. The van der Waals surface area contributed by atoms with Gasteiger partial charge in [0.15, 0.2) is 5.76 Å². The number of aryl methyl sites for hydroxylation is 2. The number of carbonyl (C=O) groups excluding carboxylic acids is 1. The average molecular weight is 359 g/mol. The fourth-order valence-electron chi connectivity index (χ4n) is 4.05. The molecule has 1 aliphatic heterocycles. The molecule has 0 spiro atoms. The normalized spacial score (nSPS) is 17.3. The zero-order valence-electron chi connectivity index (χ0n) is 15.5. The minimum atomic E-state index is -0.0651. The van der Waals surface area contributed by atoms with Crippen LogP contribution < -0.4 is 0 Å². The molecule has 1 N–H and O–H groups in total. The lowest BCUT2D eigenvalue weighted by Gasteiger charge is -2.22. The summed E-state index contributed by atoms with van der Waals surface area (Å²) in [6, 6.07) is 13.9. The van der Waals surface area contributed by atoms with E-state index in [0.29, 0.717) is 5.76 Å². The summed E-state index contributed by atoms with van der Waals surface area (Å²) in [4.78, 5) is 23.2. The van der Waals surface area contributed by atoms with Gasteiger partial charge in [-0.05, 0) is 56.0 Å². The van der Waals surface area contributed by atoms with Gasteiger partial charge in [0.1, 0.15) is 11.4 Å². The van der Waals surface area contributed by atoms with E-state index < -0.39 is 0 Å². The highest BCUT2D eigenvalue weighted by Crippen LogP contribution is 2.34. The van der Waals surface area contributed by atoms with E-state index in [4.69, 9.17) is 9.40 Å². The third kappa shape index (κ3) is 2.62. The molecule has 136 valence electrons. The number of hydrogen-bond donors (Lipinski definition) is 1. The minimum Gasteiger partial charge on any atom is -0.451 e. The van der Waals surface area contributed by atoms with Crippen LogP contribution in [0.15, 0.2) is 46.9 Å². The summed E-state index contributed by atoms with van der Waals surface area (Å²) in [6.07, 6.45) is 1.87. The lowest BCUT2D eigenvalue weighted by Crippen LogP contribution is -2.30. The summed E-state index contributed by atoms with van der Waals surface area (Å²) in [5, 5.41) is 0.966. The summed E-state index contributed by atoms with van der Waals surface area (Å²) < 4.78 is 5.91. The number of carbonyl (C=O) groups is 1. The molecule has 5 heteroatoms. The van der Waals surface area contributed by atoms with Crippen LogP contribution in [0, 0.1) is 13.8 Å². The highest BCUT2D eigenvalue weighted by molar-refractivity contribution is 5.97. The van der Waals surface area contributed by atoms with Gasteiger partial charge in [-0.1, -0.05) is 24.3 Å². The molecule has 0 radical (unpaired) electrons. The number of furan rings is 1. The first kappa shape index (κ1) is 16.1. The molecule has 1 fully saturated rings. The van der Waals surface area contributed by atoms with Crippen molar-refractivity contribution in [3.63, 3.8) is 0 Å². The topological polar surface area (TPSA) is 62.1 Å². The molecular formula is C22H21N3O2. The molecule has 5 nitrogen and oxygen atoms in total. The van der Waals surface area contributed by atoms with Crippen molar-refractivity contribution in [2.24, 2.45) is 0 Å². The van der Waals surface area contributed by atoms with Crippen LogP contribution in [-0.2, 0) is 0 Å². The first-order valence-corrected chi connectivity index (χ1v) is 9.36. The van der Waals surface area contributed by atoms with Crippen LogP contribution in [-0.4, -0.2) is 27.3 Å². The summed E-state index contributed by atoms with van der Waals surface area (Å²) in [6.45, 7) is 4.78. The number of nitrogens with zero attached hydrogens (tertiary/aromatic N) is 2. The number of H-pyrrole nitrogens is 1. The summed E-state index contributed by atoms with van der Waals surface area (Å²) in [5.74, 6) is 1.19.